The molecule has 130 valence electrons. The topological polar surface area (TPSA) is 65.9 Å². The SMILES string of the molecule is CCNC(=NCC1(O)CCSC1)NCCOc1ccccc1.I. The number of ether oxygens (including phenoxy) is 1. The van der Waals surface area contributed by atoms with Crippen LogP contribution in [0.5, 0.6) is 5.75 Å². The van der Waals surface area contributed by atoms with Crippen molar-refractivity contribution in [3.63, 3.8) is 0 Å². The fourth-order valence-electron chi connectivity index (χ4n) is 2.14. The zero-order valence-electron chi connectivity index (χ0n) is 13.5. The predicted molar refractivity (Wildman–Crippen MR) is 108 cm³/mol. The zero-order chi connectivity index (χ0) is 15.7. The van der Waals surface area contributed by atoms with Gasteiger partial charge < -0.3 is 20.5 Å². The molecular weight excluding hydrogens is 425 g/mol. The number of benzene rings is 1. The summed E-state index contributed by atoms with van der Waals surface area (Å²) in [4.78, 5) is 4.49. The highest BCUT2D eigenvalue weighted by molar-refractivity contribution is 14.0. The Hall–Kier alpha value is -0.670. The molecule has 0 saturated carbocycles. The van der Waals surface area contributed by atoms with E-state index in [4.69, 9.17) is 4.74 Å². The maximum Gasteiger partial charge on any atom is 0.191 e. The lowest BCUT2D eigenvalue weighted by Crippen LogP contribution is -2.41. The second-order valence-electron chi connectivity index (χ2n) is 5.31. The summed E-state index contributed by atoms with van der Waals surface area (Å²) in [6.45, 7) is 4.48. The van der Waals surface area contributed by atoms with Crippen LogP contribution in [0.15, 0.2) is 35.3 Å². The van der Waals surface area contributed by atoms with E-state index < -0.39 is 5.60 Å². The number of hydrogen-bond acceptors (Lipinski definition) is 4. The van der Waals surface area contributed by atoms with Gasteiger partial charge in [0.2, 0.25) is 0 Å². The van der Waals surface area contributed by atoms with Crippen LogP contribution in [0.25, 0.3) is 0 Å². The lowest BCUT2D eigenvalue weighted by Gasteiger charge is -2.19. The monoisotopic (exact) mass is 451 g/mol. The number of rotatable bonds is 7. The van der Waals surface area contributed by atoms with E-state index in [0.717, 1.165) is 36.2 Å². The lowest BCUT2D eigenvalue weighted by atomic mass is 10.1. The van der Waals surface area contributed by atoms with E-state index in [-0.39, 0.29) is 24.0 Å². The molecule has 1 atom stereocenters. The molecule has 0 spiro atoms. The summed E-state index contributed by atoms with van der Waals surface area (Å²) in [6.07, 6.45) is 0.817. The summed E-state index contributed by atoms with van der Waals surface area (Å²) in [5.74, 6) is 3.38. The Morgan fingerprint density at radius 1 is 1.35 bits per heavy atom. The van der Waals surface area contributed by atoms with Gasteiger partial charge in [0.25, 0.3) is 0 Å². The molecule has 0 radical (unpaired) electrons. The van der Waals surface area contributed by atoms with E-state index in [0.29, 0.717) is 19.7 Å². The first kappa shape index (κ1) is 20.4. The largest absolute Gasteiger partial charge is 0.492 e. The van der Waals surface area contributed by atoms with E-state index in [2.05, 4.69) is 15.6 Å². The smallest absolute Gasteiger partial charge is 0.191 e. The summed E-state index contributed by atoms with van der Waals surface area (Å²) >= 11 is 1.79. The van der Waals surface area contributed by atoms with E-state index in [1.54, 1.807) is 11.8 Å². The van der Waals surface area contributed by atoms with Crippen molar-refractivity contribution in [2.24, 2.45) is 4.99 Å². The van der Waals surface area contributed by atoms with Crippen LogP contribution in [-0.2, 0) is 0 Å². The Morgan fingerprint density at radius 3 is 2.78 bits per heavy atom. The third-order valence-electron chi connectivity index (χ3n) is 3.36. The van der Waals surface area contributed by atoms with Gasteiger partial charge in [-0.1, -0.05) is 18.2 Å². The first-order valence-electron chi connectivity index (χ1n) is 7.72. The molecule has 1 aromatic carbocycles. The molecule has 1 fully saturated rings. The highest BCUT2D eigenvalue weighted by Crippen LogP contribution is 2.27. The number of aliphatic imine (C=N–C) groups is 1. The minimum Gasteiger partial charge on any atom is -0.492 e. The van der Waals surface area contributed by atoms with E-state index >= 15 is 0 Å². The van der Waals surface area contributed by atoms with Crippen LogP contribution in [0.4, 0.5) is 0 Å². The average Bonchev–Trinajstić information content (AvgIpc) is 2.97. The van der Waals surface area contributed by atoms with Crippen LogP contribution in [-0.4, -0.2) is 54.4 Å². The molecule has 7 heteroatoms. The first-order chi connectivity index (χ1) is 10.7. The fourth-order valence-corrected chi connectivity index (χ4v) is 3.43. The molecule has 0 amide bonds. The molecule has 1 aliphatic rings. The molecule has 0 aliphatic carbocycles. The van der Waals surface area contributed by atoms with Crippen LogP contribution >= 0.6 is 35.7 Å². The number of guanidine groups is 1. The normalized spacial score (nSPS) is 20.7. The van der Waals surface area contributed by atoms with Crippen LogP contribution < -0.4 is 15.4 Å². The van der Waals surface area contributed by atoms with E-state index in [1.165, 1.54) is 0 Å². The van der Waals surface area contributed by atoms with Crippen molar-refractivity contribution >= 4 is 41.7 Å². The molecule has 2 rings (SSSR count). The van der Waals surface area contributed by atoms with Crippen molar-refractivity contribution in [1.82, 2.24) is 10.6 Å². The third-order valence-corrected chi connectivity index (χ3v) is 4.60. The Bertz CT molecular complexity index is 468. The van der Waals surface area contributed by atoms with Crippen molar-refractivity contribution in [3.05, 3.63) is 30.3 Å². The highest BCUT2D eigenvalue weighted by Gasteiger charge is 2.31. The maximum atomic E-state index is 10.3. The standard InChI is InChI=1S/C16H25N3O2S.HI/c1-2-17-15(19-12-16(20)8-11-22-13-16)18-9-10-21-14-6-4-3-5-7-14;/h3-7,20H,2,8-13H2,1H3,(H2,17,18,19);1H. The molecule has 1 saturated heterocycles. The zero-order valence-corrected chi connectivity index (χ0v) is 16.6. The number of nitrogens with zero attached hydrogens (tertiary/aromatic N) is 1. The van der Waals surface area contributed by atoms with Crippen molar-refractivity contribution in [2.75, 3.05) is 37.7 Å². The summed E-state index contributed by atoms with van der Waals surface area (Å²) in [5.41, 5.74) is -0.645. The van der Waals surface area contributed by atoms with Gasteiger partial charge in [-0.2, -0.15) is 11.8 Å². The van der Waals surface area contributed by atoms with Gasteiger partial charge in [-0.25, -0.2) is 0 Å². The van der Waals surface area contributed by atoms with Gasteiger partial charge in [0.15, 0.2) is 5.96 Å². The molecule has 1 heterocycles. The van der Waals surface area contributed by atoms with Crippen molar-refractivity contribution in [1.29, 1.82) is 0 Å². The number of thioether (sulfide) groups is 1. The highest BCUT2D eigenvalue weighted by atomic mass is 127. The number of nitrogens with one attached hydrogen (secondary N) is 2. The minimum atomic E-state index is -0.645. The molecule has 0 aromatic heterocycles. The summed E-state index contributed by atoms with van der Waals surface area (Å²) in [6, 6.07) is 9.75. The second-order valence-corrected chi connectivity index (χ2v) is 6.42. The van der Waals surface area contributed by atoms with Crippen LogP contribution in [0.2, 0.25) is 0 Å². The first-order valence-corrected chi connectivity index (χ1v) is 8.87. The summed E-state index contributed by atoms with van der Waals surface area (Å²) in [7, 11) is 0. The molecule has 1 aliphatic heterocycles. The molecule has 1 unspecified atom stereocenters. The number of halogens is 1. The van der Waals surface area contributed by atoms with Crippen molar-refractivity contribution in [3.8, 4) is 5.75 Å². The number of hydrogen-bond donors (Lipinski definition) is 3. The van der Waals surface area contributed by atoms with Gasteiger partial charge in [0.1, 0.15) is 12.4 Å². The van der Waals surface area contributed by atoms with E-state index in [1.807, 2.05) is 37.3 Å². The Kier molecular flexibility index (Phi) is 9.73. The van der Waals surface area contributed by atoms with Gasteiger partial charge in [0.05, 0.1) is 18.7 Å². The van der Waals surface area contributed by atoms with Gasteiger partial charge in [-0.05, 0) is 31.2 Å². The van der Waals surface area contributed by atoms with E-state index in [9.17, 15) is 5.11 Å². The molecule has 3 N–H and O–H groups in total. The molecule has 5 nitrogen and oxygen atoms in total. The van der Waals surface area contributed by atoms with Crippen LogP contribution in [0, 0.1) is 0 Å². The molecule has 23 heavy (non-hydrogen) atoms. The summed E-state index contributed by atoms with van der Waals surface area (Å²) in [5, 5.41) is 16.7. The molecule has 0 bridgehead atoms. The third kappa shape index (κ3) is 7.63. The van der Waals surface area contributed by atoms with Crippen LogP contribution in [0.3, 0.4) is 0 Å². The lowest BCUT2D eigenvalue weighted by molar-refractivity contribution is 0.0778. The summed E-state index contributed by atoms with van der Waals surface area (Å²) < 4.78 is 5.63. The number of para-hydroxylation sites is 1. The van der Waals surface area contributed by atoms with Crippen molar-refractivity contribution in [2.45, 2.75) is 18.9 Å². The maximum absolute atomic E-state index is 10.3. The minimum absolute atomic E-state index is 0. The second kappa shape index (κ2) is 11.0. The molecular formula is C16H26IN3O2S. The van der Waals surface area contributed by atoms with Crippen molar-refractivity contribution < 1.29 is 9.84 Å². The number of aliphatic hydroxyl groups is 1. The Balaban J connectivity index is 0.00000264. The predicted octanol–water partition coefficient (Wildman–Crippen LogP) is 2.11. The van der Waals surface area contributed by atoms with Gasteiger partial charge in [-0.15, -0.1) is 24.0 Å². The van der Waals surface area contributed by atoms with Gasteiger partial charge >= 0.3 is 0 Å². The average molecular weight is 451 g/mol. The Morgan fingerprint density at radius 2 is 2.13 bits per heavy atom. The van der Waals surface area contributed by atoms with Crippen LogP contribution in [0.1, 0.15) is 13.3 Å². The quantitative estimate of drug-likeness (QED) is 0.257. The molecule has 1 aromatic rings. The van der Waals surface area contributed by atoms with Gasteiger partial charge in [0, 0.05) is 12.3 Å². The Labute approximate surface area is 159 Å². The fraction of sp³-hybridized carbons (Fsp3) is 0.562. The van der Waals surface area contributed by atoms with Gasteiger partial charge in [-0.3, -0.25) is 4.99 Å².